The molecule has 0 aliphatic carbocycles. The van der Waals surface area contributed by atoms with E-state index < -0.39 is 0 Å². The van der Waals surface area contributed by atoms with Gasteiger partial charge in [-0.3, -0.25) is 0 Å². The smallest absolute Gasteiger partial charge is 0.229 e. The predicted molar refractivity (Wildman–Crippen MR) is 102 cm³/mol. The Kier molecular flexibility index (Phi) is 4.50. The molecule has 26 heavy (non-hydrogen) atoms. The van der Waals surface area contributed by atoms with Crippen molar-refractivity contribution in [1.82, 2.24) is 9.97 Å². The van der Waals surface area contributed by atoms with Gasteiger partial charge < -0.3 is 20.1 Å². The second-order valence-corrected chi connectivity index (χ2v) is 6.27. The monoisotopic (exact) mass is 368 g/mol. The predicted octanol–water partition coefficient (Wildman–Crippen LogP) is 4.70. The summed E-state index contributed by atoms with van der Waals surface area (Å²) in [4.78, 5) is 8.96. The standard InChI is InChI=1S/C19H17ClN4O2/c1-12-9-18(22-14-4-2-3-13(20)10-14)24-19(21-12)23-15-5-6-16-17(11-15)26-8-7-25-16/h2-6,9-11H,7-8H2,1H3,(H2,21,22,23,24). The molecule has 0 radical (unpaired) electrons. The summed E-state index contributed by atoms with van der Waals surface area (Å²) in [5.41, 5.74) is 2.53. The van der Waals surface area contributed by atoms with Crippen LogP contribution in [0.3, 0.4) is 0 Å². The van der Waals surface area contributed by atoms with Crippen LogP contribution < -0.4 is 20.1 Å². The van der Waals surface area contributed by atoms with E-state index >= 15 is 0 Å². The van der Waals surface area contributed by atoms with E-state index in [2.05, 4.69) is 20.6 Å². The molecule has 2 N–H and O–H groups in total. The fourth-order valence-electron chi connectivity index (χ4n) is 2.65. The van der Waals surface area contributed by atoms with E-state index in [0.29, 0.717) is 35.8 Å². The van der Waals surface area contributed by atoms with Crippen molar-refractivity contribution in [2.24, 2.45) is 0 Å². The van der Waals surface area contributed by atoms with Crippen LogP contribution in [-0.4, -0.2) is 23.2 Å². The molecular weight excluding hydrogens is 352 g/mol. The molecule has 4 rings (SSSR count). The Morgan fingerprint density at radius 1 is 0.885 bits per heavy atom. The molecule has 1 aliphatic rings. The number of rotatable bonds is 4. The zero-order valence-electron chi connectivity index (χ0n) is 14.1. The number of halogens is 1. The molecule has 0 amide bonds. The molecule has 2 aromatic carbocycles. The second-order valence-electron chi connectivity index (χ2n) is 5.84. The highest BCUT2D eigenvalue weighted by Crippen LogP contribution is 2.33. The maximum atomic E-state index is 6.03. The first kappa shape index (κ1) is 16.5. The summed E-state index contributed by atoms with van der Waals surface area (Å²) >= 11 is 6.03. The molecule has 0 saturated carbocycles. The van der Waals surface area contributed by atoms with Crippen molar-refractivity contribution in [3.05, 3.63) is 59.2 Å². The Hall–Kier alpha value is -2.99. The number of aryl methyl sites for hydroxylation is 1. The van der Waals surface area contributed by atoms with Crippen LogP contribution in [0.15, 0.2) is 48.5 Å². The lowest BCUT2D eigenvalue weighted by Gasteiger charge is -2.19. The zero-order chi connectivity index (χ0) is 17.9. The Bertz CT molecular complexity index is 949. The van der Waals surface area contributed by atoms with Crippen molar-refractivity contribution >= 4 is 34.7 Å². The maximum Gasteiger partial charge on any atom is 0.229 e. The van der Waals surface area contributed by atoms with E-state index in [-0.39, 0.29) is 0 Å². The number of ether oxygens (including phenoxy) is 2. The summed E-state index contributed by atoms with van der Waals surface area (Å²) < 4.78 is 11.1. The topological polar surface area (TPSA) is 68.3 Å². The van der Waals surface area contributed by atoms with E-state index in [4.69, 9.17) is 21.1 Å². The Morgan fingerprint density at radius 3 is 2.54 bits per heavy atom. The zero-order valence-corrected chi connectivity index (χ0v) is 14.9. The van der Waals surface area contributed by atoms with Gasteiger partial charge in [-0.05, 0) is 37.3 Å². The van der Waals surface area contributed by atoms with Crippen molar-refractivity contribution in [3.8, 4) is 11.5 Å². The number of anilines is 4. The number of benzene rings is 2. The van der Waals surface area contributed by atoms with Gasteiger partial charge >= 0.3 is 0 Å². The molecule has 7 heteroatoms. The average molecular weight is 369 g/mol. The summed E-state index contributed by atoms with van der Waals surface area (Å²) in [5.74, 6) is 2.63. The number of nitrogens with zero attached hydrogens (tertiary/aromatic N) is 2. The third-order valence-corrected chi connectivity index (χ3v) is 3.98. The van der Waals surface area contributed by atoms with Crippen molar-refractivity contribution in [2.45, 2.75) is 6.92 Å². The van der Waals surface area contributed by atoms with Crippen molar-refractivity contribution in [1.29, 1.82) is 0 Å². The number of hydrogen-bond donors (Lipinski definition) is 2. The molecule has 1 aromatic heterocycles. The van der Waals surface area contributed by atoms with Crippen molar-refractivity contribution in [2.75, 3.05) is 23.8 Å². The SMILES string of the molecule is Cc1cc(Nc2cccc(Cl)c2)nc(Nc2ccc3c(c2)OCCO3)n1. The van der Waals surface area contributed by atoms with Crippen LogP contribution in [0.5, 0.6) is 11.5 Å². The molecule has 3 aromatic rings. The minimum atomic E-state index is 0.492. The molecular formula is C19H17ClN4O2. The summed E-state index contributed by atoms with van der Waals surface area (Å²) in [5, 5.41) is 7.11. The van der Waals surface area contributed by atoms with Crippen LogP contribution in [0, 0.1) is 6.92 Å². The van der Waals surface area contributed by atoms with Gasteiger partial charge in [-0.15, -0.1) is 0 Å². The third kappa shape index (κ3) is 3.81. The van der Waals surface area contributed by atoms with Gasteiger partial charge in [0.1, 0.15) is 19.0 Å². The second kappa shape index (κ2) is 7.09. The normalized spacial score (nSPS) is 12.5. The van der Waals surface area contributed by atoms with Crippen molar-refractivity contribution in [3.63, 3.8) is 0 Å². The first-order valence-electron chi connectivity index (χ1n) is 8.21. The summed E-state index contributed by atoms with van der Waals surface area (Å²) in [6, 6.07) is 15.0. The molecule has 132 valence electrons. The van der Waals surface area contributed by atoms with E-state index in [0.717, 1.165) is 22.8 Å². The quantitative estimate of drug-likeness (QED) is 0.695. The summed E-state index contributed by atoms with van der Waals surface area (Å²) in [7, 11) is 0. The summed E-state index contributed by atoms with van der Waals surface area (Å²) in [6.07, 6.45) is 0. The van der Waals surface area contributed by atoms with Gasteiger partial charge in [0.2, 0.25) is 5.95 Å². The lowest BCUT2D eigenvalue weighted by Crippen LogP contribution is -2.15. The molecule has 1 aliphatic heterocycles. The maximum absolute atomic E-state index is 6.03. The van der Waals surface area contributed by atoms with Crippen LogP contribution >= 0.6 is 11.6 Å². The lowest BCUT2D eigenvalue weighted by molar-refractivity contribution is 0.171. The first-order chi connectivity index (χ1) is 12.7. The third-order valence-electron chi connectivity index (χ3n) is 3.75. The highest BCUT2D eigenvalue weighted by Gasteiger charge is 2.12. The fourth-order valence-corrected chi connectivity index (χ4v) is 2.84. The van der Waals surface area contributed by atoms with E-state index in [1.165, 1.54) is 0 Å². The number of hydrogen-bond acceptors (Lipinski definition) is 6. The van der Waals surface area contributed by atoms with E-state index in [1.54, 1.807) is 0 Å². The summed E-state index contributed by atoms with van der Waals surface area (Å²) in [6.45, 7) is 3.03. The minimum Gasteiger partial charge on any atom is -0.486 e. The lowest BCUT2D eigenvalue weighted by atomic mass is 10.2. The molecule has 6 nitrogen and oxygen atoms in total. The number of nitrogens with one attached hydrogen (secondary N) is 2. The molecule has 0 bridgehead atoms. The molecule has 0 unspecified atom stereocenters. The molecule has 0 atom stereocenters. The fraction of sp³-hybridized carbons (Fsp3) is 0.158. The van der Waals surface area contributed by atoms with Crippen molar-refractivity contribution < 1.29 is 9.47 Å². The van der Waals surface area contributed by atoms with Crippen LogP contribution in [0.2, 0.25) is 5.02 Å². The molecule has 0 fully saturated rings. The Morgan fingerprint density at radius 2 is 1.69 bits per heavy atom. The Balaban J connectivity index is 1.56. The number of fused-ring (bicyclic) bond motifs is 1. The van der Waals surface area contributed by atoms with Crippen LogP contribution in [-0.2, 0) is 0 Å². The van der Waals surface area contributed by atoms with Crippen LogP contribution in [0.25, 0.3) is 0 Å². The first-order valence-corrected chi connectivity index (χ1v) is 8.58. The molecule has 2 heterocycles. The van der Waals surface area contributed by atoms with Gasteiger partial charge in [-0.1, -0.05) is 17.7 Å². The highest BCUT2D eigenvalue weighted by atomic mass is 35.5. The highest BCUT2D eigenvalue weighted by molar-refractivity contribution is 6.30. The van der Waals surface area contributed by atoms with Gasteiger partial charge in [0.05, 0.1) is 0 Å². The largest absolute Gasteiger partial charge is 0.486 e. The average Bonchev–Trinajstić information content (AvgIpc) is 2.61. The van der Waals surface area contributed by atoms with Gasteiger partial charge in [0, 0.05) is 34.2 Å². The van der Waals surface area contributed by atoms with Gasteiger partial charge in [0.15, 0.2) is 11.5 Å². The minimum absolute atomic E-state index is 0.492. The van der Waals surface area contributed by atoms with Gasteiger partial charge in [0.25, 0.3) is 0 Å². The molecule has 0 spiro atoms. The van der Waals surface area contributed by atoms with Gasteiger partial charge in [-0.25, -0.2) is 4.98 Å². The van der Waals surface area contributed by atoms with Gasteiger partial charge in [-0.2, -0.15) is 4.98 Å². The number of aromatic nitrogens is 2. The van der Waals surface area contributed by atoms with Crippen LogP contribution in [0.4, 0.5) is 23.1 Å². The van der Waals surface area contributed by atoms with Crippen LogP contribution in [0.1, 0.15) is 5.69 Å². The van der Waals surface area contributed by atoms with E-state index in [1.807, 2.05) is 55.5 Å². The van der Waals surface area contributed by atoms with E-state index in [9.17, 15) is 0 Å². The Labute approximate surface area is 156 Å². The molecule has 0 saturated heterocycles.